The number of benzene rings is 1. The Balaban J connectivity index is 2.60. The van der Waals surface area contributed by atoms with E-state index in [2.05, 4.69) is 68.4 Å². The Kier molecular flexibility index (Phi) is 6.23. The molecule has 1 aromatic rings. The van der Waals surface area contributed by atoms with Crippen LogP contribution >= 0.6 is 0 Å². The molecule has 0 spiro atoms. The molecule has 1 unspecified atom stereocenters. The number of nitrogens with one attached hydrogen (secondary N) is 1. The number of hydrogen-bond donors (Lipinski definition) is 1. The fraction of sp³-hybridized carbons (Fsp3) is 0.600. The van der Waals surface area contributed by atoms with Gasteiger partial charge in [0.15, 0.2) is 0 Å². The number of likely N-dealkylation sites (N-methyl/N-ethyl adjacent to an activating group) is 2. The summed E-state index contributed by atoms with van der Waals surface area (Å²) in [5.41, 5.74) is 1.38. The minimum absolute atomic E-state index is 0.435. The monoisotopic (exact) mass is 234 g/mol. The van der Waals surface area contributed by atoms with Crippen LogP contribution in [0.5, 0.6) is 0 Å². The van der Waals surface area contributed by atoms with E-state index in [1.807, 2.05) is 0 Å². The molecule has 0 amide bonds. The minimum atomic E-state index is 0.435. The maximum Gasteiger partial charge on any atom is 0.0449 e. The summed E-state index contributed by atoms with van der Waals surface area (Å²) in [7, 11) is 2.20. The van der Waals surface area contributed by atoms with E-state index in [9.17, 15) is 0 Å². The Morgan fingerprint density at radius 1 is 1.12 bits per heavy atom. The zero-order valence-corrected chi connectivity index (χ0v) is 11.6. The lowest BCUT2D eigenvalue weighted by Gasteiger charge is -2.26. The second kappa shape index (κ2) is 7.46. The van der Waals surface area contributed by atoms with E-state index in [4.69, 9.17) is 0 Å². The van der Waals surface area contributed by atoms with Crippen molar-refractivity contribution < 1.29 is 0 Å². The van der Waals surface area contributed by atoms with E-state index in [1.54, 1.807) is 0 Å². The molecular weight excluding hydrogens is 208 g/mol. The predicted molar refractivity (Wildman–Crippen MR) is 75.2 cm³/mol. The van der Waals surface area contributed by atoms with Crippen molar-refractivity contribution in [2.75, 3.05) is 26.7 Å². The van der Waals surface area contributed by atoms with Gasteiger partial charge in [0.2, 0.25) is 0 Å². The van der Waals surface area contributed by atoms with Crippen LogP contribution in [0.15, 0.2) is 30.3 Å². The van der Waals surface area contributed by atoms with Gasteiger partial charge in [-0.3, -0.25) is 0 Å². The summed E-state index contributed by atoms with van der Waals surface area (Å²) in [4.78, 5) is 2.41. The highest BCUT2D eigenvalue weighted by molar-refractivity contribution is 5.19. The van der Waals surface area contributed by atoms with Crippen molar-refractivity contribution in [3.05, 3.63) is 35.9 Å². The lowest BCUT2D eigenvalue weighted by atomic mass is 10.1. The van der Waals surface area contributed by atoms with Crippen LogP contribution in [0.4, 0.5) is 0 Å². The van der Waals surface area contributed by atoms with Crippen molar-refractivity contribution in [2.45, 2.75) is 26.8 Å². The number of rotatable bonds is 7. The first-order chi connectivity index (χ1) is 8.13. The average Bonchev–Trinajstić information content (AvgIpc) is 2.28. The Hall–Kier alpha value is -0.860. The normalized spacial score (nSPS) is 13.3. The standard InChI is InChI=1S/C15H26N2/c1-5-16-15(12-17(4)11-13(2)3)14-9-7-6-8-10-14/h6-10,13,15-16H,5,11-12H2,1-4H3. The third-order valence-electron chi connectivity index (χ3n) is 2.82. The summed E-state index contributed by atoms with van der Waals surface area (Å²) in [5.74, 6) is 0.720. The van der Waals surface area contributed by atoms with Crippen LogP contribution in [0.3, 0.4) is 0 Å². The zero-order valence-electron chi connectivity index (χ0n) is 11.6. The first-order valence-corrected chi connectivity index (χ1v) is 6.60. The maximum atomic E-state index is 3.56. The molecule has 0 saturated carbocycles. The van der Waals surface area contributed by atoms with Crippen LogP contribution in [0.1, 0.15) is 32.4 Å². The van der Waals surface area contributed by atoms with E-state index in [0.717, 1.165) is 25.6 Å². The van der Waals surface area contributed by atoms with Gasteiger partial charge in [-0.2, -0.15) is 0 Å². The molecule has 1 N–H and O–H groups in total. The van der Waals surface area contributed by atoms with E-state index in [-0.39, 0.29) is 0 Å². The smallest absolute Gasteiger partial charge is 0.0449 e. The molecule has 0 saturated heterocycles. The fourth-order valence-corrected chi connectivity index (χ4v) is 2.23. The van der Waals surface area contributed by atoms with Crippen LogP contribution in [0.25, 0.3) is 0 Å². The van der Waals surface area contributed by atoms with Crippen LogP contribution in [0, 0.1) is 5.92 Å². The average molecular weight is 234 g/mol. The van der Waals surface area contributed by atoms with Crippen LogP contribution in [0.2, 0.25) is 0 Å². The summed E-state index contributed by atoms with van der Waals surface area (Å²) < 4.78 is 0. The van der Waals surface area contributed by atoms with Crippen LogP contribution < -0.4 is 5.32 Å². The molecule has 1 atom stereocenters. The summed E-state index contributed by atoms with van der Waals surface area (Å²) in [6.45, 7) is 9.92. The number of hydrogen-bond acceptors (Lipinski definition) is 2. The van der Waals surface area contributed by atoms with Gasteiger partial charge in [0.25, 0.3) is 0 Å². The molecule has 0 aliphatic rings. The van der Waals surface area contributed by atoms with E-state index >= 15 is 0 Å². The van der Waals surface area contributed by atoms with Crippen molar-refractivity contribution in [3.63, 3.8) is 0 Å². The van der Waals surface area contributed by atoms with Crippen molar-refractivity contribution >= 4 is 0 Å². The van der Waals surface area contributed by atoms with Crippen molar-refractivity contribution in [1.82, 2.24) is 10.2 Å². The van der Waals surface area contributed by atoms with Gasteiger partial charge in [0, 0.05) is 19.1 Å². The van der Waals surface area contributed by atoms with Gasteiger partial charge in [-0.1, -0.05) is 51.1 Å². The third kappa shape index (κ3) is 5.33. The molecule has 0 aliphatic heterocycles. The van der Waals surface area contributed by atoms with Crippen LogP contribution in [-0.4, -0.2) is 31.6 Å². The van der Waals surface area contributed by atoms with Crippen LogP contribution in [-0.2, 0) is 0 Å². The molecule has 17 heavy (non-hydrogen) atoms. The summed E-state index contributed by atoms with van der Waals surface area (Å²) in [6, 6.07) is 11.1. The lowest BCUT2D eigenvalue weighted by molar-refractivity contribution is 0.263. The SMILES string of the molecule is CCNC(CN(C)CC(C)C)c1ccccc1. The van der Waals surface area contributed by atoms with Crippen molar-refractivity contribution in [3.8, 4) is 0 Å². The molecule has 96 valence electrons. The molecule has 2 heteroatoms. The first kappa shape index (κ1) is 14.2. The Bertz CT molecular complexity index is 295. The van der Waals surface area contributed by atoms with Crippen molar-refractivity contribution in [1.29, 1.82) is 0 Å². The molecule has 1 aromatic carbocycles. The first-order valence-electron chi connectivity index (χ1n) is 6.60. The highest BCUT2D eigenvalue weighted by Gasteiger charge is 2.12. The molecule has 0 aromatic heterocycles. The Labute approximate surface area is 106 Å². The van der Waals surface area contributed by atoms with Gasteiger partial charge in [-0.25, -0.2) is 0 Å². The fourth-order valence-electron chi connectivity index (χ4n) is 2.23. The molecule has 0 fully saturated rings. The molecule has 0 radical (unpaired) electrons. The third-order valence-corrected chi connectivity index (χ3v) is 2.82. The Morgan fingerprint density at radius 2 is 1.76 bits per heavy atom. The second-order valence-electron chi connectivity index (χ2n) is 5.14. The topological polar surface area (TPSA) is 15.3 Å². The number of nitrogens with zero attached hydrogens (tertiary/aromatic N) is 1. The van der Waals surface area contributed by atoms with E-state index in [0.29, 0.717) is 6.04 Å². The van der Waals surface area contributed by atoms with E-state index in [1.165, 1.54) is 5.56 Å². The highest BCUT2D eigenvalue weighted by Crippen LogP contribution is 2.14. The Morgan fingerprint density at radius 3 is 2.29 bits per heavy atom. The quantitative estimate of drug-likeness (QED) is 0.780. The van der Waals surface area contributed by atoms with Gasteiger partial charge in [-0.15, -0.1) is 0 Å². The van der Waals surface area contributed by atoms with Gasteiger partial charge >= 0.3 is 0 Å². The van der Waals surface area contributed by atoms with Gasteiger partial charge in [-0.05, 0) is 25.1 Å². The largest absolute Gasteiger partial charge is 0.309 e. The zero-order chi connectivity index (χ0) is 12.7. The molecule has 0 aliphatic carbocycles. The second-order valence-corrected chi connectivity index (χ2v) is 5.14. The summed E-state index contributed by atoms with van der Waals surface area (Å²) in [6.07, 6.45) is 0. The van der Waals surface area contributed by atoms with E-state index < -0.39 is 0 Å². The summed E-state index contributed by atoms with van der Waals surface area (Å²) in [5, 5.41) is 3.56. The molecular formula is C15H26N2. The van der Waals surface area contributed by atoms with Gasteiger partial charge < -0.3 is 10.2 Å². The van der Waals surface area contributed by atoms with Crippen molar-refractivity contribution in [2.24, 2.45) is 5.92 Å². The maximum absolute atomic E-state index is 3.56. The summed E-state index contributed by atoms with van der Waals surface area (Å²) >= 11 is 0. The molecule has 0 bridgehead atoms. The highest BCUT2D eigenvalue weighted by atomic mass is 15.1. The van der Waals surface area contributed by atoms with Gasteiger partial charge in [0.05, 0.1) is 0 Å². The van der Waals surface area contributed by atoms with Gasteiger partial charge in [0.1, 0.15) is 0 Å². The molecule has 2 nitrogen and oxygen atoms in total. The lowest BCUT2D eigenvalue weighted by Crippen LogP contribution is -2.34. The minimum Gasteiger partial charge on any atom is -0.309 e. The molecule has 0 heterocycles. The predicted octanol–water partition coefficient (Wildman–Crippen LogP) is 2.93. The molecule has 1 rings (SSSR count).